The summed E-state index contributed by atoms with van der Waals surface area (Å²) in [6, 6.07) is 14.0. The molecule has 5 rings (SSSR count). The van der Waals surface area contributed by atoms with Gasteiger partial charge in [0.05, 0.1) is 5.69 Å². The molecule has 0 N–H and O–H groups in total. The fourth-order valence-corrected chi connectivity index (χ4v) is 4.32. The van der Waals surface area contributed by atoms with Gasteiger partial charge < -0.3 is 19.0 Å². The van der Waals surface area contributed by atoms with Gasteiger partial charge >= 0.3 is 6.09 Å². The van der Waals surface area contributed by atoms with Crippen LogP contribution in [-0.2, 0) is 9.53 Å². The Kier molecular flexibility index (Phi) is 5.37. The Hall–Kier alpha value is -3.66. The smallest absolute Gasteiger partial charge is 0.417 e. The molecule has 10 heteroatoms. The van der Waals surface area contributed by atoms with Crippen LogP contribution in [0.2, 0.25) is 0 Å². The Morgan fingerprint density at radius 1 is 1.12 bits per heavy atom. The van der Waals surface area contributed by atoms with Gasteiger partial charge in [0.25, 0.3) is 6.01 Å². The van der Waals surface area contributed by atoms with Crippen molar-refractivity contribution in [1.29, 1.82) is 0 Å². The van der Waals surface area contributed by atoms with Crippen molar-refractivity contribution < 1.29 is 23.1 Å². The lowest BCUT2D eigenvalue weighted by Gasteiger charge is -2.41. The number of hydrogen-bond donors (Lipinski definition) is 0. The third-order valence-electron chi connectivity index (χ3n) is 6.14. The van der Waals surface area contributed by atoms with Crippen LogP contribution in [0.25, 0.3) is 11.1 Å². The monoisotopic (exact) mass is 453 g/mol. The van der Waals surface area contributed by atoms with Gasteiger partial charge in [0.2, 0.25) is 12.1 Å². The maximum Gasteiger partial charge on any atom is 0.417 e. The van der Waals surface area contributed by atoms with Gasteiger partial charge in [-0.15, -0.1) is 0 Å². The van der Waals surface area contributed by atoms with E-state index in [0.717, 1.165) is 11.1 Å². The van der Waals surface area contributed by atoms with E-state index < -0.39 is 24.3 Å². The minimum Gasteiger partial charge on any atom is -0.423 e. The number of ether oxygens (including phenoxy) is 1. The first-order valence-corrected chi connectivity index (χ1v) is 10.8. The Bertz CT molecular complexity index is 1160. The highest BCUT2D eigenvalue weighted by atomic mass is 19.1. The molecule has 2 fully saturated rings. The summed E-state index contributed by atoms with van der Waals surface area (Å²) in [5.74, 6) is -0.688. The van der Waals surface area contributed by atoms with Crippen LogP contribution in [0.4, 0.5) is 20.9 Å². The second kappa shape index (κ2) is 8.36. The van der Waals surface area contributed by atoms with Crippen molar-refractivity contribution in [3.8, 4) is 0 Å². The molecule has 172 valence electrons. The zero-order valence-corrected chi connectivity index (χ0v) is 18.3. The Morgan fingerprint density at radius 3 is 2.58 bits per heavy atom. The lowest BCUT2D eigenvalue weighted by atomic mass is 10.2. The minimum atomic E-state index is -0.825. The van der Waals surface area contributed by atoms with E-state index in [0.29, 0.717) is 37.9 Å². The maximum atomic E-state index is 13.9. The molecule has 2 amide bonds. The van der Waals surface area contributed by atoms with Gasteiger partial charge in [-0.2, -0.15) is 4.98 Å². The predicted octanol–water partition coefficient (Wildman–Crippen LogP) is 2.88. The SMILES string of the molecule is CC(=O)N(C)C1OC(=O)N(c2cccc(F)c2)C1N1CCN(c2nc3ccccc3o2)CC1. The first-order chi connectivity index (χ1) is 15.9. The third-order valence-corrected chi connectivity index (χ3v) is 6.14. The molecule has 0 radical (unpaired) electrons. The first-order valence-electron chi connectivity index (χ1n) is 10.8. The molecule has 3 heterocycles. The number of cyclic esters (lactones) is 1. The zero-order chi connectivity index (χ0) is 23.1. The summed E-state index contributed by atoms with van der Waals surface area (Å²) in [6.07, 6.45) is -2.04. The highest BCUT2D eigenvalue weighted by Gasteiger charge is 2.49. The van der Waals surface area contributed by atoms with E-state index in [9.17, 15) is 14.0 Å². The van der Waals surface area contributed by atoms with Crippen molar-refractivity contribution in [3.63, 3.8) is 0 Å². The van der Waals surface area contributed by atoms with Crippen LogP contribution < -0.4 is 9.80 Å². The number of para-hydroxylation sites is 2. The fraction of sp³-hybridized carbons (Fsp3) is 0.348. The summed E-state index contributed by atoms with van der Waals surface area (Å²) in [5.41, 5.74) is 1.90. The van der Waals surface area contributed by atoms with Crippen LogP contribution in [0.15, 0.2) is 52.9 Å². The molecule has 2 aromatic carbocycles. The van der Waals surface area contributed by atoms with Crippen molar-refractivity contribution in [2.45, 2.75) is 19.3 Å². The normalized spacial score (nSPS) is 21.5. The molecule has 2 saturated heterocycles. The van der Waals surface area contributed by atoms with Gasteiger partial charge in [0, 0.05) is 40.2 Å². The third kappa shape index (κ3) is 3.86. The van der Waals surface area contributed by atoms with Crippen molar-refractivity contribution in [1.82, 2.24) is 14.8 Å². The number of carbonyl (C=O) groups excluding carboxylic acids is 2. The van der Waals surface area contributed by atoms with Crippen molar-refractivity contribution >= 4 is 34.8 Å². The molecule has 0 aliphatic carbocycles. The number of nitrogens with zero attached hydrogens (tertiary/aromatic N) is 5. The van der Waals surface area contributed by atoms with Crippen molar-refractivity contribution in [2.24, 2.45) is 0 Å². The predicted molar refractivity (Wildman–Crippen MR) is 119 cm³/mol. The number of halogens is 1. The quantitative estimate of drug-likeness (QED) is 0.601. The van der Waals surface area contributed by atoms with Gasteiger partial charge in [-0.05, 0) is 30.3 Å². The number of rotatable bonds is 4. The fourth-order valence-electron chi connectivity index (χ4n) is 4.32. The number of hydrogen-bond acceptors (Lipinski definition) is 7. The standard InChI is InChI=1S/C23H24FN5O4/c1-15(30)26(2)21-20(29(23(31)33-21)17-7-5-6-16(24)14-17)27-10-12-28(13-11-27)22-25-18-8-3-4-9-19(18)32-22/h3-9,14,20-21H,10-13H2,1-2H3. The van der Waals surface area contributed by atoms with E-state index >= 15 is 0 Å². The zero-order valence-electron chi connectivity index (χ0n) is 18.3. The Morgan fingerprint density at radius 2 is 1.88 bits per heavy atom. The number of carbonyl (C=O) groups is 2. The van der Waals surface area contributed by atoms with E-state index in [-0.39, 0.29) is 5.91 Å². The van der Waals surface area contributed by atoms with E-state index in [2.05, 4.69) is 9.88 Å². The lowest BCUT2D eigenvalue weighted by Crippen LogP contribution is -2.60. The van der Waals surface area contributed by atoms with Crippen LogP contribution in [0.1, 0.15) is 6.92 Å². The van der Waals surface area contributed by atoms with Crippen LogP contribution in [0.5, 0.6) is 0 Å². The lowest BCUT2D eigenvalue weighted by molar-refractivity contribution is -0.137. The summed E-state index contributed by atoms with van der Waals surface area (Å²) < 4.78 is 25.4. The molecule has 0 saturated carbocycles. The summed E-state index contributed by atoms with van der Waals surface area (Å²) >= 11 is 0. The molecule has 2 aliphatic heterocycles. The molecule has 1 aromatic heterocycles. The van der Waals surface area contributed by atoms with Crippen molar-refractivity contribution in [3.05, 3.63) is 54.3 Å². The minimum absolute atomic E-state index is 0.232. The van der Waals surface area contributed by atoms with Gasteiger partial charge in [-0.25, -0.2) is 9.18 Å². The number of oxazole rings is 1. The Balaban J connectivity index is 1.40. The number of piperazine rings is 1. The summed E-state index contributed by atoms with van der Waals surface area (Å²) in [7, 11) is 1.59. The number of aromatic nitrogens is 1. The number of likely N-dealkylation sites (N-methyl/N-ethyl adjacent to an activating group) is 1. The molecule has 2 aliphatic rings. The maximum absolute atomic E-state index is 13.9. The average molecular weight is 453 g/mol. The first kappa shape index (κ1) is 21.2. The molecule has 0 bridgehead atoms. The highest BCUT2D eigenvalue weighted by molar-refractivity contribution is 5.91. The van der Waals surface area contributed by atoms with E-state index in [1.165, 1.54) is 28.9 Å². The number of anilines is 2. The van der Waals surface area contributed by atoms with E-state index in [4.69, 9.17) is 9.15 Å². The molecular weight excluding hydrogens is 429 g/mol. The largest absolute Gasteiger partial charge is 0.423 e. The van der Waals surface area contributed by atoms with Crippen LogP contribution in [0, 0.1) is 5.82 Å². The van der Waals surface area contributed by atoms with Gasteiger partial charge in [-0.3, -0.25) is 14.6 Å². The molecule has 2 atom stereocenters. The van der Waals surface area contributed by atoms with Crippen molar-refractivity contribution in [2.75, 3.05) is 43.0 Å². The summed E-state index contributed by atoms with van der Waals surface area (Å²) in [4.78, 5) is 36.4. The molecular formula is C23H24FN5O4. The number of amides is 2. The molecule has 0 spiro atoms. The number of benzene rings is 2. The molecule has 3 aromatic rings. The van der Waals surface area contributed by atoms with E-state index in [1.807, 2.05) is 29.2 Å². The molecule has 9 nitrogen and oxygen atoms in total. The number of fused-ring (bicyclic) bond motifs is 1. The van der Waals surface area contributed by atoms with Gasteiger partial charge in [0.15, 0.2) is 11.7 Å². The molecule has 33 heavy (non-hydrogen) atoms. The van der Waals surface area contributed by atoms with E-state index in [1.54, 1.807) is 19.2 Å². The van der Waals surface area contributed by atoms with Crippen LogP contribution in [-0.4, -0.2) is 72.4 Å². The summed E-state index contributed by atoms with van der Waals surface area (Å²) in [5, 5.41) is 0. The average Bonchev–Trinajstić information content (AvgIpc) is 3.39. The molecule has 2 unspecified atom stereocenters. The summed E-state index contributed by atoms with van der Waals surface area (Å²) in [6.45, 7) is 3.75. The second-order valence-corrected chi connectivity index (χ2v) is 8.15. The van der Waals surface area contributed by atoms with Gasteiger partial charge in [0.1, 0.15) is 11.3 Å². The topological polar surface area (TPSA) is 82.4 Å². The highest BCUT2D eigenvalue weighted by Crippen LogP contribution is 2.32. The Labute approximate surface area is 189 Å². The van der Waals surface area contributed by atoms with Gasteiger partial charge in [-0.1, -0.05) is 18.2 Å². The van der Waals surface area contributed by atoms with Crippen LogP contribution in [0.3, 0.4) is 0 Å². The second-order valence-electron chi connectivity index (χ2n) is 8.15. The van der Waals surface area contributed by atoms with Crippen LogP contribution >= 0.6 is 0 Å².